The molecule has 1 N–H and O–H groups in total. The molecule has 0 aliphatic carbocycles. The summed E-state index contributed by atoms with van der Waals surface area (Å²) in [5, 5.41) is 3.54. The molecule has 16 heavy (non-hydrogen) atoms. The third kappa shape index (κ3) is 4.84. The monoisotopic (exact) mass is 226 g/mol. The molecule has 96 valence electrons. The van der Waals surface area contributed by atoms with Gasteiger partial charge in [0.25, 0.3) is 0 Å². The summed E-state index contributed by atoms with van der Waals surface area (Å²) in [6, 6.07) is 0. The van der Waals surface area contributed by atoms with E-state index in [2.05, 4.69) is 44.8 Å². The van der Waals surface area contributed by atoms with Crippen LogP contribution < -0.4 is 5.32 Å². The Morgan fingerprint density at radius 3 is 2.50 bits per heavy atom. The van der Waals surface area contributed by atoms with Gasteiger partial charge in [0.2, 0.25) is 0 Å². The molecule has 1 rings (SSSR count). The summed E-state index contributed by atoms with van der Waals surface area (Å²) >= 11 is 0. The normalized spacial score (nSPS) is 21.6. The second kappa shape index (κ2) is 5.50. The van der Waals surface area contributed by atoms with E-state index in [1.54, 1.807) is 0 Å². The summed E-state index contributed by atoms with van der Waals surface area (Å²) in [6.07, 6.45) is 2.58. The van der Waals surface area contributed by atoms with Crippen molar-refractivity contribution in [2.45, 2.75) is 47.5 Å². The first-order valence-corrected chi connectivity index (χ1v) is 6.78. The molecule has 0 saturated carbocycles. The maximum absolute atomic E-state index is 3.54. The van der Waals surface area contributed by atoms with Gasteiger partial charge in [-0.15, -0.1) is 0 Å². The van der Waals surface area contributed by atoms with Gasteiger partial charge in [0, 0.05) is 19.6 Å². The lowest BCUT2D eigenvalue weighted by Gasteiger charge is -2.31. The molecule has 1 saturated heterocycles. The van der Waals surface area contributed by atoms with Crippen LogP contribution in [0.4, 0.5) is 0 Å². The van der Waals surface area contributed by atoms with Gasteiger partial charge in [-0.1, -0.05) is 34.6 Å². The molecule has 1 aliphatic heterocycles. The summed E-state index contributed by atoms with van der Waals surface area (Å²) in [6.45, 7) is 17.8. The minimum absolute atomic E-state index is 0.398. The smallest absolute Gasteiger partial charge is 0.00451 e. The molecule has 0 bridgehead atoms. The summed E-state index contributed by atoms with van der Waals surface area (Å²) in [4.78, 5) is 2.63. The van der Waals surface area contributed by atoms with Gasteiger partial charge < -0.3 is 10.2 Å². The first-order chi connectivity index (χ1) is 7.35. The fourth-order valence-electron chi connectivity index (χ4n) is 2.62. The van der Waals surface area contributed by atoms with Crippen LogP contribution in [0.2, 0.25) is 0 Å². The van der Waals surface area contributed by atoms with Crippen LogP contribution in [0, 0.1) is 10.8 Å². The Hall–Kier alpha value is -0.0800. The van der Waals surface area contributed by atoms with Crippen molar-refractivity contribution in [2.24, 2.45) is 10.8 Å². The Bertz CT molecular complexity index is 209. The molecule has 0 aromatic rings. The van der Waals surface area contributed by atoms with Gasteiger partial charge in [-0.05, 0) is 36.8 Å². The van der Waals surface area contributed by atoms with Gasteiger partial charge in [0.1, 0.15) is 0 Å². The van der Waals surface area contributed by atoms with E-state index in [0.717, 1.165) is 13.1 Å². The van der Waals surface area contributed by atoms with E-state index in [0.29, 0.717) is 10.8 Å². The minimum atomic E-state index is 0.398. The van der Waals surface area contributed by atoms with Crippen molar-refractivity contribution < 1.29 is 0 Å². The zero-order valence-electron chi connectivity index (χ0n) is 11.9. The van der Waals surface area contributed by atoms with Gasteiger partial charge in [-0.3, -0.25) is 0 Å². The van der Waals surface area contributed by atoms with Gasteiger partial charge in [-0.2, -0.15) is 0 Å². The van der Waals surface area contributed by atoms with Crippen molar-refractivity contribution in [1.82, 2.24) is 10.2 Å². The SMILES string of the molecule is CCCNCC(C)(C)CN1CCC(C)(C)C1. The maximum Gasteiger partial charge on any atom is 0.00451 e. The molecule has 1 fully saturated rings. The number of rotatable bonds is 6. The number of hydrogen-bond acceptors (Lipinski definition) is 2. The minimum Gasteiger partial charge on any atom is -0.316 e. The molecule has 0 amide bonds. The molecule has 1 heterocycles. The topological polar surface area (TPSA) is 15.3 Å². The zero-order valence-corrected chi connectivity index (χ0v) is 11.9. The summed E-state index contributed by atoms with van der Waals surface area (Å²) in [7, 11) is 0. The fourth-order valence-corrected chi connectivity index (χ4v) is 2.62. The highest BCUT2D eigenvalue weighted by atomic mass is 15.2. The molecule has 0 radical (unpaired) electrons. The lowest BCUT2D eigenvalue weighted by molar-refractivity contribution is 0.189. The first kappa shape index (κ1) is 14.0. The highest BCUT2D eigenvalue weighted by molar-refractivity contribution is 4.86. The highest BCUT2D eigenvalue weighted by Gasteiger charge is 2.32. The van der Waals surface area contributed by atoms with Crippen LogP contribution in [0.1, 0.15) is 47.5 Å². The van der Waals surface area contributed by atoms with E-state index in [1.165, 1.54) is 32.5 Å². The molecule has 1 aliphatic rings. The fraction of sp³-hybridized carbons (Fsp3) is 1.00. The molecule has 0 unspecified atom stereocenters. The Kier molecular flexibility index (Phi) is 4.81. The zero-order chi connectivity index (χ0) is 12.2. The van der Waals surface area contributed by atoms with Crippen LogP contribution in [0.3, 0.4) is 0 Å². The number of hydrogen-bond donors (Lipinski definition) is 1. The Labute approximate surface area is 102 Å². The molecule has 2 nitrogen and oxygen atoms in total. The predicted octanol–water partition coefficient (Wildman–Crippen LogP) is 2.74. The number of likely N-dealkylation sites (tertiary alicyclic amines) is 1. The third-order valence-corrected chi connectivity index (χ3v) is 3.44. The van der Waals surface area contributed by atoms with Crippen molar-refractivity contribution in [2.75, 3.05) is 32.7 Å². The predicted molar refractivity (Wildman–Crippen MR) is 71.8 cm³/mol. The van der Waals surface area contributed by atoms with Gasteiger partial charge >= 0.3 is 0 Å². The van der Waals surface area contributed by atoms with Crippen LogP contribution in [0.5, 0.6) is 0 Å². The summed E-state index contributed by atoms with van der Waals surface area (Å²) < 4.78 is 0. The average molecular weight is 226 g/mol. The summed E-state index contributed by atoms with van der Waals surface area (Å²) in [5.41, 5.74) is 0.933. The van der Waals surface area contributed by atoms with E-state index < -0.39 is 0 Å². The second-order valence-corrected chi connectivity index (χ2v) is 6.97. The first-order valence-electron chi connectivity index (χ1n) is 6.78. The maximum atomic E-state index is 3.54. The second-order valence-electron chi connectivity index (χ2n) is 6.97. The van der Waals surface area contributed by atoms with Crippen molar-refractivity contribution in [3.63, 3.8) is 0 Å². The van der Waals surface area contributed by atoms with E-state index in [-0.39, 0.29) is 0 Å². The Balaban J connectivity index is 2.29. The molecule has 0 atom stereocenters. The van der Waals surface area contributed by atoms with E-state index in [1.807, 2.05) is 0 Å². The largest absolute Gasteiger partial charge is 0.316 e. The highest BCUT2D eigenvalue weighted by Crippen LogP contribution is 2.30. The van der Waals surface area contributed by atoms with Crippen LogP contribution >= 0.6 is 0 Å². The van der Waals surface area contributed by atoms with Crippen molar-refractivity contribution in [3.8, 4) is 0 Å². The molecular weight excluding hydrogens is 196 g/mol. The summed E-state index contributed by atoms with van der Waals surface area (Å²) in [5.74, 6) is 0. The standard InChI is InChI=1S/C14H30N2/c1-6-8-15-10-14(4,5)12-16-9-7-13(2,3)11-16/h15H,6-12H2,1-5H3. The van der Waals surface area contributed by atoms with Gasteiger partial charge in [-0.25, -0.2) is 0 Å². The lowest BCUT2D eigenvalue weighted by atomic mass is 9.91. The van der Waals surface area contributed by atoms with E-state index in [9.17, 15) is 0 Å². The van der Waals surface area contributed by atoms with Crippen molar-refractivity contribution in [3.05, 3.63) is 0 Å². The van der Waals surface area contributed by atoms with E-state index >= 15 is 0 Å². The average Bonchev–Trinajstić information content (AvgIpc) is 2.44. The van der Waals surface area contributed by atoms with Crippen molar-refractivity contribution in [1.29, 1.82) is 0 Å². The molecule has 0 spiro atoms. The Morgan fingerprint density at radius 2 is 2.00 bits per heavy atom. The quantitative estimate of drug-likeness (QED) is 0.701. The van der Waals surface area contributed by atoms with Crippen molar-refractivity contribution >= 4 is 0 Å². The molecule has 0 aromatic carbocycles. The van der Waals surface area contributed by atoms with Crippen LogP contribution in [-0.4, -0.2) is 37.6 Å². The van der Waals surface area contributed by atoms with Crippen LogP contribution in [0.25, 0.3) is 0 Å². The molecule has 2 heteroatoms. The number of nitrogens with zero attached hydrogens (tertiary/aromatic N) is 1. The molecular formula is C14H30N2. The third-order valence-electron chi connectivity index (χ3n) is 3.44. The van der Waals surface area contributed by atoms with Crippen LogP contribution in [0.15, 0.2) is 0 Å². The van der Waals surface area contributed by atoms with E-state index in [4.69, 9.17) is 0 Å². The Morgan fingerprint density at radius 1 is 1.31 bits per heavy atom. The number of nitrogens with one attached hydrogen (secondary N) is 1. The van der Waals surface area contributed by atoms with Crippen LogP contribution in [-0.2, 0) is 0 Å². The van der Waals surface area contributed by atoms with Gasteiger partial charge in [0.05, 0.1) is 0 Å². The van der Waals surface area contributed by atoms with Gasteiger partial charge in [0.15, 0.2) is 0 Å². The lowest BCUT2D eigenvalue weighted by Crippen LogP contribution is -2.40. The molecule has 0 aromatic heterocycles.